The first kappa shape index (κ1) is 24.8. The van der Waals surface area contributed by atoms with Crippen molar-refractivity contribution in [2.75, 3.05) is 0 Å². The van der Waals surface area contributed by atoms with E-state index in [1.165, 1.54) is 22.4 Å². The summed E-state index contributed by atoms with van der Waals surface area (Å²) in [6, 6.07) is 8.30. The molecule has 3 rings (SSSR count). The summed E-state index contributed by atoms with van der Waals surface area (Å²) in [6.07, 6.45) is 10.2. The van der Waals surface area contributed by atoms with Gasteiger partial charge in [-0.15, -0.1) is 0 Å². The van der Waals surface area contributed by atoms with Crippen molar-refractivity contribution in [3.8, 4) is 11.6 Å². The number of imidazole rings is 1. The number of allylic oxidation sites excluding steroid dienone is 5. The van der Waals surface area contributed by atoms with Gasteiger partial charge in [-0.3, -0.25) is 4.57 Å². The van der Waals surface area contributed by atoms with Crippen LogP contribution < -0.4 is 0 Å². The number of para-hydroxylation sites is 1. The summed E-state index contributed by atoms with van der Waals surface area (Å²) >= 11 is 0. The quantitative estimate of drug-likeness (QED) is 0.324. The molecule has 0 amide bonds. The molecule has 3 heteroatoms. The molecule has 1 aromatic carbocycles. The van der Waals surface area contributed by atoms with Crippen molar-refractivity contribution in [1.82, 2.24) is 9.55 Å². The van der Waals surface area contributed by atoms with Gasteiger partial charge in [0.05, 0.1) is 5.70 Å². The van der Waals surface area contributed by atoms with Crippen LogP contribution in [0.5, 0.6) is 0 Å². The molecule has 0 saturated carbocycles. The van der Waals surface area contributed by atoms with Crippen LogP contribution in [-0.2, 0) is 5.41 Å². The molecule has 3 aromatic rings. The summed E-state index contributed by atoms with van der Waals surface area (Å²) in [5.74, 6) is 2.75. The molecule has 176 valence electrons. The molecule has 0 radical (unpaired) electrons. The van der Waals surface area contributed by atoms with Crippen molar-refractivity contribution in [3.63, 3.8) is 0 Å². The predicted octanol–water partition coefficient (Wildman–Crippen LogP) is 9.03. The molecule has 2 aromatic heterocycles. The highest BCUT2D eigenvalue weighted by atomic mass is 16.3. The highest BCUT2D eigenvalue weighted by molar-refractivity contribution is 5.89. The van der Waals surface area contributed by atoms with E-state index < -0.39 is 0 Å². The van der Waals surface area contributed by atoms with Crippen molar-refractivity contribution < 1.29 is 4.42 Å². The third-order valence-electron chi connectivity index (χ3n) is 5.89. The minimum atomic E-state index is -0.0941. The van der Waals surface area contributed by atoms with Crippen LogP contribution in [0.25, 0.3) is 28.3 Å². The van der Waals surface area contributed by atoms with Gasteiger partial charge in [0.15, 0.2) is 11.6 Å². The number of rotatable bonds is 8. The smallest absolute Gasteiger partial charge is 0.181 e. The van der Waals surface area contributed by atoms with E-state index in [0.29, 0.717) is 11.8 Å². The molecule has 0 atom stereocenters. The second kappa shape index (κ2) is 9.99. The lowest BCUT2D eigenvalue weighted by Crippen LogP contribution is -2.13. The largest absolute Gasteiger partial charge is 0.452 e. The topological polar surface area (TPSA) is 31.0 Å². The van der Waals surface area contributed by atoms with Crippen LogP contribution in [0.15, 0.2) is 71.0 Å². The zero-order valence-electron chi connectivity index (χ0n) is 21.7. The Balaban J connectivity index is 2.35. The molecule has 0 aliphatic heterocycles. The SMILES string of the molecule is C=C/C(CC(C)C)=C(\C(=C/C)CC(C)C)n1ccnc1-c1oc2ccccc2c1C(C)(C)C. The van der Waals surface area contributed by atoms with Crippen LogP contribution in [0.4, 0.5) is 0 Å². The normalized spacial score (nSPS) is 13.8. The number of hydrogen-bond acceptors (Lipinski definition) is 2. The predicted molar refractivity (Wildman–Crippen MR) is 142 cm³/mol. The first-order valence-electron chi connectivity index (χ1n) is 12.2. The lowest BCUT2D eigenvalue weighted by atomic mass is 9.84. The standard InChI is InChI=1S/C30H40N2O/c1-10-22(18-20(3)4)27(23(11-2)19-21(5)6)32-17-16-31-29(32)28-26(30(7,8)9)24-14-12-13-15-25(24)33-28/h10-17,20-21H,1,18-19H2,2-9H3/b23-11-,27-22-. The monoisotopic (exact) mass is 444 g/mol. The van der Waals surface area contributed by atoms with Gasteiger partial charge in [-0.05, 0) is 54.2 Å². The molecule has 0 aliphatic rings. The Labute approximate surface area is 199 Å². The van der Waals surface area contributed by atoms with Crippen molar-refractivity contribution >= 4 is 16.7 Å². The fourth-order valence-corrected chi connectivity index (χ4v) is 4.62. The molecule has 33 heavy (non-hydrogen) atoms. The van der Waals surface area contributed by atoms with Gasteiger partial charge in [0.25, 0.3) is 0 Å². The van der Waals surface area contributed by atoms with Crippen molar-refractivity contribution in [2.45, 2.75) is 73.6 Å². The third-order valence-corrected chi connectivity index (χ3v) is 5.89. The van der Waals surface area contributed by atoms with Crippen LogP contribution >= 0.6 is 0 Å². The minimum Gasteiger partial charge on any atom is -0.452 e. The Hall–Kier alpha value is -2.81. The summed E-state index contributed by atoms with van der Waals surface area (Å²) in [7, 11) is 0. The van der Waals surface area contributed by atoms with E-state index in [4.69, 9.17) is 9.40 Å². The van der Waals surface area contributed by atoms with Gasteiger partial charge in [-0.25, -0.2) is 4.98 Å². The summed E-state index contributed by atoms with van der Waals surface area (Å²) < 4.78 is 8.72. The number of furan rings is 1. The number of nitrogens with zero attached hydrogens (tertiary/aromatic N) is 2. The third kappa shape index (κ3) is 5.24. The molecule has 0 aliphatic carbocycles. The summed E-state index contributed by atoms with van der Waals surface area (Å²) in [5, 5.41) is 1.15. The molecule has 0 saturated heterocycles. The van der Waals surface area contributed by atoms with Gasteiger partial charge < -0.3 is 4.42 Å². The summed E-state index contributed by atoms with van der Waals surface area (Å²) in [5.41, 5.74) is 5.74. The number of aromatic nitrogens is 2. The zero-order chi connectivity index (χ0) is 24.3. The summed E-state index contributed by atoms with van der Waals surface area (Å²) in [6.45, 7) is 22.1. The first-order valence-corrected chi connectivity index (χ1v) is 12.2. The fourth-order valence-electron chi connectivity index (χ4n) is 4.62. The molecule has 3 nitrogen and oxygen atoms in total. The molecular formula is C30H40N2O. The lowest BCUT2D eigenvalue weighted by Gasteiger charge is -2.23. The second-order valence-corrected chi connectivity index (χ2v) is 10.8. The van der Waals surface area contributed by atoms with Crippen molar-refractivity contribution in [3.05, 3.63) is 72.1 Å². The number of benzene rings is 1. The Morgan fingerprint density at radius 3 is 2.33 bits per heavy atom. The Morgan fingerprint density at radius 2 is 1.76 bits per heavy atom. The minimum absolute atomic E-state index is 0.0941. The van der Waals surface area contributed by atoms with Crippen LogP contribution in [0, 0.1) is 11.8 Å². The van der Waals surface area contributed by atoms with E-state index in [1.807, 2.05) is 24.4 Å². The van der Waals surface area contributed by atoms with Gasteiger partial charge in [0.1, 0.15) is 5.58 Å². The van der Waals surface area contributed by atoms with Crippen LogP contribution in [0.2, 0.25) is 0 Å². The average Bonchev–Trinajstić information content (AvgIpc) is 3.35. The summed E-state index contributed by atoms with van der Waals surface area (Å²) in [4.78, 5) is 4.84. The van der Waals surface area contributed by atoms with Gasteiger partial charge >= 0.3 is 0 Å². The maximum absolute atomic E-state index is 6.50. The average molecular weight is 445 g/mol. The van der Waals surface area contributed by atoms with E-state index in [0.717, 1.165) is 35.4 Å². The van der Waals surface area contributed by atoms with Gasteiger partial charge in [-0.1, -0.05) is 85.4 Å². The zero-order valence-corrected chi connectivity index (χ0v) is 21.7. The first-order chi connectivity index (χ1) is 15.6. The Bertz CT molecular complexity index is 1180. The van der Waals surface area contributed by atoms with Gasteiger partial charge in [0, 0.05) is 23.3 Å². The molecule has 0 N–H and O–H groups in total. The van der Waals surface area contributed by atoms with E-state index in [1.54, 1.807) is 0 Å². The van der Waals surface area contributed by atoms with Crippen LogP contribution in [-0.4, -0.2) is 9.55 Å². The van der Waals surface area contributed by atoms with Gasteiger partial charge in [0.2, 0.25) is 0 Å². The van der Waals surface area contributed by atoms with E-state index in [9.17, 15) is 0 Å². The van der Waals surface area contributed by atoms with E-state index in [2.05, 4.69) is 90.9 Å². The molecular weight excluding hydrogens is 404 g/mol. The molecule has 0 bridgehead atoms. The van der Waals surface area contributed by atoms with Crippen molar-refractivity contribution in [1.29, 1.82) is 0 Å². The molecule has 0 unspecified atom stereocenters. The van der Waals surface area contributed by atoms with E-state index in [-0.39, 0.29) is 5.41 Å². The number of fused-ring (bicyclic) bond motifs is 1. The van der Waals surface area contributed by atoms with Crippen LogP contribution in [0.1, 0.15) is 73.8 Å². The van der Waals surface area contributed by atoms with Crippen LogP contribution in [0.3, 0.4) is 0 Å². The number of hydrogen-bond donors (Lipinski definition) is 0. The second-order valence-electron chi connectivity index (χ2n) is 10.8. The van der Waals surface area contributed by atoms with E-state index >= 15 is 0 Å². The van der Waals surface area contributed by atoms with Crippen molar-refractivity contribution in [2.24, 2.45) is 11.8 Å². The maximum atomic E-state index is 6.50. The Kier molecular flexibility index (Phi) is 7.51. The fraction of sp³-hybridized carbons (Fsp3) is 0.433. The highest BCUT2D eigenvalue weighted by Crippen LogP contribution is 2.42. The Morgan fingerprint density at radius 1 is 1.09 bits per heavy atom. The molecule has 0 fully saturated rings. The van der Waals surface area contributed by atoms with Gasteiger partial charge in [-0.2, -0.15) is 0 Å². The maximum Gasteiger partial charge on any atom is 0.181 e. The highest BCUT2D eigenvalue weighted by Gasteiger charge is 2.29. The molecule has 0 spiro atoms. The molecule has 2 heterocycles. The lowest BCUT2D eigenvalue weighted by molar-refractivity contribution is 0.563.